The molecule has 0 nitrogen and oxygen atoms in total. The summed E-state index contributed by atoms with van der Waals surface area (Å²) in [6.45, 7) is 7.97. The molecule has 78 valence electrons. The molecule has 0 aromatic heterocycles. The van der Waals surface area contributed by atoms with Gasteiger partial charge in [0.1, 0.15) is 0 Å². The van der Waals surface area contributed by atoms with Gasteiger partial charge in [-0.25, -0.2) is 0 Å². The van der Waals surface area contributed by atoms with Crippen molar-refractivity contribution in [1.29, 1.82) is 0 Å². The van der Waals surface area contributed by atoms with Gasteiger partial charge in [-0.15, -0.1) is 5.73 Å². The molecule has 0 aromatic carbocycles. The third kappa shape index (κ3) is 3.27. The molecule has 0 spiro atoms. The molecule has 0 saturated carbocycles. The molecule has 0 saturated heterocycles. The van der Waals surface area contributed by atoms with E-state index in [-0.39, 0.29) is 0 Å². The van der Waals surface area contributed by atoms with Crippen LogP contribution in [0.1, 0.15) is 26.7 Å². The second-order valence-electron chi connectivity index (χ2n) is 3.61. The first kappa shape index (κ1) is 11.6. The number of hydrogen-bond acceptors (Lipinski definition) is 0. The molecular formula is C15H18. The van der Waals surface area contributed by atoms with E-state index in [0.717, 1.165) is 12.8 Å². The van der Waals surface area contributed by atoms with E-state index < -0.39 is 0 Å². The molecule has 0 amide bonds. The monoisotopic (exact) mass is 198 g/mol. The molecule has 1 aliphatic carbocycles. The van der Waals surface area contributed by atoms with Crippen LogP contribution < -0.4 is 0 Å². The summed E-state index contributed by atoms with van der Waals surface area (Å²) in [5.41, 5.74) is 7.12. The molecule has 0 radical (unpaired) electrons. The van der Waals surface area contributed by atoms with Gasteiger partial charge in [0.15, 0.2) is 0 Å². The summed E-state index contributed by atoms with van der Waals surface area (Å²) in [5.74, 6) is 0. The Balaban J connectivity index is 3.16. The first-order valence-corrected chi connectivity index (χ1v) is 5.36. The molecule has 15 heavy (non-hydrogen) atoms. The van der Waals surface area contributed by atoms with Gasteiger partial charge in [-0.1, -0.05) is 36.5 Å². The van der Waals surface area contributed by atoms with Gasteiger partial charge in [-0.05, 0) is 50.0 Å². The van der Waals surface area contributed by atoms with Gasteiger partial charge < -0.3 is 0 Å². The van der Waals surface area contributed by atoms with Gasteiger partial charge in [0.2, 0.25) is 0 Å². The lowest BCUT2D eigenvalue weighted by molar-refractivity contribution is 0.974. The normalized spacial score (nSPS) is 17.3. The zero-order chi connectivity index (χ0) is 11.1. The zero-order valence-electron chi connectivity index (χ0n) is 9.59. The SMILES string of the molecule is C=C/C=C(\C=C/C)C1=C(C)CCC=C=C1. The Bertz CT molecular complexity index is 380. The van der Waals surface area contributed by atoms with Crippen molar-refractivity contribution in [3.8, 4) is 0 Å². The molecule has 1 rings (SSSR count). The summed E-state index contributed by atoms with van der Waals surface area (Å²) in [5, 5.41) is 0. The number of rotatable bonds is 3. The molecule has 0 heterocycles. The molecule has 0 heteroatoms. The minimum atomic E-state index is 1.09. The van der Waals surface area contributed by atoms with Crippen LogP contribution in [0, 0.1) is 0 Å². The minimum absolute atomic E-state index is 1.09. The first-order valence-electron chi connectivity index (χ1n) is 5.36. The molecule has 0 N–H and O–H groups in total. The number of allylic oxidation sites excluding steroid dienone is 8. The van der Waals surface area contributed by atoms with Crippen LogP contribution in [0.3, 0.4) is 0 Å². The molecular weight excluding hydrogens is 180 g/mol. The van der Waals surface area contributed by atoms with Crippen LogP contribution in [-0.4, -0.2) is 0 Å². The fraction of sp³-hybridized carbons (Fsp3) is 0.267. The van der Waals surface area contributed by atoms with Gasteiger partial charge in [-0.2, -0.15) is 0 Å². The topological polar surface area (TPSA) is 0 Å². The van der Waals surface area contributed by atoms with Gasteiger partial charge in [0.25, 0.3) is 0 Å². The van der Waals surface area contributed by atoms with Crippen molar-refractivity contribution in [3.63, 3.8) is 0 Å². The van der Waals surface area contributed by atoms with Crippen molar-refractivity contribution in [3.05, 3.63) is 65.5 Å². The van der Waals surface area contributed by atoms with Crippen LogP contribution in [-0.2, 0) is 0 Å². The van der Waals surface area contributed by atoms with E-state index in [9.17, 15) is 0 Å². The van der Waals surface area contributed by atoms with Crippen LogP contribution in [0.2, 0.25) is 0 Å². The van der Waals surface area contributed by atoms with Crippen molar-refractivity contribution >= 4 is 0 Å². The maximum Gasteiger partial charge on any atom is -0.0118 e. The fourth-order valence-electron chi connectivity index (χ4n) is 1.64. The highest BCUT2D eigenvalue weighted by Crippen LogP contribution is 2.22. The van der Waals surface area contributed by atoms with E-state index in [1.54, 1.807) is 0 Å². The van der Waals surface area contributed by atoms with Crippen LogP contribution in [0.15, 0.2) is 65.5 Å². The molecule has 0 bridgehead atoms. The minimum Gasteiger partial charge on any atom is -0.125 e. The van der Waals surface area contributed by atoms with Crippen LogP contribution in [0.25, 0.3) is 0 Å². The first-order chi connectivity index (χ1) is 7.29. The second kappa shape index (κ2) is 6.06. The summed E-state index contributed by atoms with van der Waals surface area (Å²) in [7, 11) is 0. The molecule has 0 aliphatic heterocycles. The van der Waals surface area contributed by atoms with Crippen molar-refractivity contribution in [2.45, 2.75) is 26.7 Å². The smallest absolute Gasteiger partial charge is 0.0118 e. The maximum atomic E-state index is 3.75. The molecule has 0 aromatic rings. The third-order valence-electron chi connectivity index (χ3n) is 2.42. The lowest BCUT2D eigenvalue weighted by Gasteiger charge is -2.07. The Labute approximate surface area is 92.7 Å². The Morgan fingerprint density at radius 2 is 2.33 bits per heavy atom. The Kier molecular flexibility index (Phi) is 4.66. The van der Waals surface area contributed by atoms with E-state index in [1.165, 1.54) is 16.7 Å². The number of hydrogen-bond donors (Lipinski definition) is 0. The summed E-state index contributed by atoms with van der Waals surface area (Å²) < 4.78 is 0. The Morgan fingerprint density at radius 3 is 3.00 bits per heavy atom. The van der Waals surface area contributed by atoms with Gasteiger partial charge in [0, 0.05) is 0 Å². The van der Waals surface area contributed by atoms with E-state index in [0.29, 0.717) is 0 Å². The molecule has 0 atom stereocenters. The summed E-state index contributed by atoms with van der Waals surface area (Å²) in [6, 6.07) is 0. The fourth-order valence-corrected chi connectivity index (χ4v) is 1.64. The van der Waals surface area contributed by atoms with Crippen LogP contribution in [0.4, 0.5) is 0 Å². The second-order valence-corrected chi connectivity index (χ2v) is 3.61. The Morgan fingerprint density at radius 1 is 1.53 bits per heavy atom. The summed E-state index contributed by atoms with van der Waals surface area (Å²) in [6.07, 6.45) is 14.4. The van der Waals surface area contributed by atoms with E-state index >= 15 is 0 Å². The van der Waals surface area contributed by atoms with Crippen molar-refractivity contribution in [2.75, 3.05) is 0 Å². The predicted octanol–water partition coefficient (Wildman–Crippen LogP) is 4.50. The van der Waals surface area contributed by atoms with Crippen molar-refractivity contribution in [2.24, 2.45) is 0 Å². The Hall–Kier alpha value is -1.52. The molecule has 0 unspecified atom stereocenters. The quantitative estimate of drug-likeness (QED) is 0.463. The summed E-state index contributed by atoms with van der Waals surface area (Å²) >= 11 is 0. The lowest BCUT2D eigenvalue weighted by Crippen LogP contribution is -1.88. The highest BCUT2D eigenvalue weighted by atomic mass is 14.1. The van der Waals surface area contributed by atoms with Crippen LogP contribution in [0.5, 0.6) is 0 Å². The largest absolute Gasteiger partial charge is 0.125 e. The average Bonchev–Trinajstić information content (AvgIpc) is 2.43. The van der Waals surface area contributed by atoms with Crippen LogP contribution >= 0.6 is 0 Å². The zero-order valence-corrected chi connectivity index (χ0v) is 9.59. The van der Waals surface area contributed by atoms with E-state index in [2.05, 4.69) is 43.5 Å². The standard InChI is InChI=1S/C15H18/c1-4-9-14(10-5-2)15-12-8-6-7-11-13(15)3/h4-6,9-10,12H,1,7,11H2,2-3H3/b10-5-,14-9+. The summed E-state index contributed by atoms with van der Waals surface area (Å²) in [4.78, 5) is 0. The van der Waals surface area contributed by atoms with E-state index in [4.69, 9.17) is 0 Å². The highest BCUT2D eigenvalue weighted by Gasteiger charge is 2.04. The third-order valence-corrected chi connectivity index (χ3v) is 2.42. The van der Waals surface area contributed by atoms with Crippen molar-refractivity contribution in [1.82, 2.24) is 0 Å². The maximum absolute atomic E-state index is 3.75. The van der Waals surface area contributed by atoms with Gasteiger partial charge in [-0.3, -0.25) is 0 Å². The highest BCUT2D eigenvalue weighted by molar-refractivity contribution is 5.50. The van der Waals surface area contributed by atoms with Gasteiger partial charge >= 0.3 is 0 Å². The molecule has 1 aliphatic rings. The van der Waals surface area contributed by atoms with E-state index in [1.807, 2.05) is 19.1 Å². The average molecular weight is 198 g/mol. The lowest BCUT2D eigenvalue weighted by atomic mass is 9.98. The molecule has 0 fully saturated rings. The van der Waals surface area contributed by atoms with Crippen molar-refractivity contribution < 1.29 is 0 Å². The van der Waals surface area contributed by atoms with Gasteiger partial charge in [0.05, 0.1) is 0 Å². The predicted molar refractivity (Wildman–Crippen MR) is 67.7 cm³/mol.